The average molecular weight is 457 g/mol. The molecule has 0 bridgehead atoms. The molecule has 1 amide bonds. The molecule has 1 aromatic heterocycles. The van der Waals surface area contributed by atoms with Crippen LogP contribution in [0.2, 0.25) is 0 Å². The summed E-state index contributed by atoms with van der Waals surface area (Å²) in [6, 6.07) is 17.2. The van der Waals surface area contributed by atoms with Crippen molar-refractivity contribution in [1.82, 2.24) is 4.98 Å². The van der Waals surface area contributed by atoms with Gasteiger partial charge in [-0.3, -0.25) is 19.5 Å². The third kappa shape index (κ3) is 4.44. The zero-order chi connectivity index (χ0) is 24.2. The predicted octanol–water partition coefficient (Wildman–Crippen LogP) is 5.62. The number of nitrogens with zero attached hydrogens (tertiary/aromatic N) is 2. The van der Waals surface area contributed by atoms with E-state index in [1.54, 1.807) is 48.8 Å². The van der Waals surface area contributed by atoms with Crippen LogP contribution < -0.4 is 9.64 Å². The lowest BCUT2D eigenvalue weighted by Gasteiger charge is -2.25. The Morgan fingerprint density at radius 1 is 1.06 bits per heavy atom. The molecule has 174 valence electrons. The molecule has 0 aliphatic carbocycles. The Hall–Kier alpha value is -3.93. The van der Waals surface area contributed by atoms with Crippen LogP contribution in [-0.2, 0) is 9.59 Å². The van der Waals surface area contributed by atoms with Crippen molar-refractivity contribution in [2.75, 3.05) is 11.5 Å². The highest BCUT2D eigenvalue weighted by Gasteiger charge is 2.47. The number of amides is 1. The molecule has 3 aromatic rings. The summed E-state index contributed by atoms with van der Waals surface area (Å²) in [6.45, 7) is 6.80. The number of anilines is 1. The summed E-state index contributed by atoms with van der Waals surface area (Å²) in [5, 5.41) is 11.2. The fraction of sp³-hybridized carbons (Fsp3) is 0.250. The van der Waals surface area contributed by atoms with E-state index < -0.39 is 17.7 Å². The van der Waals surface area contributed by atoms with E-state index in [2.05, 4.69) is 18.8 Å². The first-order valence-corrected chi connectivity index (χ1v) is 11.5. The summed E-state index contributed by atoms with van der Waals surface area (Å²) >= 11 is 0. The maximum atomic E-state index is 13.2. The maximum Gasteiger partial charge on any atom is 0.300 e. The van der Waals surface area contributed by atoms with Crippen molar-refractivity contribution < 1.29 is 19.4 Å². The molecular formula is C28H28N2O4. The molecule has 1 atom stereocenters. The van der Waals surface area contributed by atoms with Crippen molar-refractivity contribution in [3.63, 3.8) is 0 Å². The first-order chi connectivity index (χ1) is 16.4. The van der Waals surface area contributed by atoms with Crippen LogP contribution in [0.1, 0.15) is 55.8 Å². The van der Waals surface area contributed by atoms with Gasteiger partial charge in [-0.25, -0.2) is 0 Å². The van der Waals surface area contributed by atoms with E-state index in [1.807, 2.05) is 31.2 Å². The van der Waals surface area contributed by atoms with Gasteiger partial charge in [0.15, 0.2) is 0 Å². The summed E-state index contributed by atoms with van der Waals surface area (Å²) in [7, 11) is 0. The fourth-order valence-corrected chi connectivity index (χ4v) is 4.06. The summed E-state index contributed by atoms with van der Waals surface area (Å²) in [5.74, 6) is -0.632. The molecule has 6 nitrogen and oxygen atoms in total. The molecule has 1 N–H and O–H groups in total. The molecule has 2 aromatic carbocycles. The molecular weight excluding hydrogens is 428 g/mol. The Morgan fingerprint density at radius 2 is 1.76 bits per heavy atom. The first kappa shape index (κ1) is 23.2. The Morgan fingerprint density at radius 3 is 2.35 bits per heavy atom. The van der Waals surface area contributed by atoms with Crippen LogP contribution in [0.25, 0.3) is 5.76 Å². The number of carbonyl (C=O) groups excluding carboxylic acids is 2. The zero-order valence-electron chi connectivity index (χ0n) is 19.6. The van der Waals surface area contributed by atoms with Crippen LogP contribution in [0.5, 0.6) is 5.75 Å². The normalized spacial score (nSPS) is 17.4. The molecule has 0 saturated carbocycles. The highest BCUT2D eigenvalue weighted by atomic mass is 16.5. The smallest absolute Gasteiger partial charge is 0.300 e. The second-order valence-electron chi connectivity index (χ2n) is 8.57. The van der Waals surface area contributed by atoms with E-state index in [-0.39, 0.29) is 11.3 Å². The predicted molar refractivity (Wildman–Crippen MR) is 132 cm³/mol. The van der Waals surface area contributed by atoms with Crippen molar-refractivity contribution >= 4 is 23.1 Å². The molecule has 1 saturated heterocycles. The number of rotatable bonds is 7. The van der Waals surface area contributed by atoms with Gasteiger partial charge in [0.1, 0.15) is 11.5 Å². The van der Waals surface area contributed by atoms with E-state index in [9.17, 15) is 14.7 Å². The number of carbonyl (C=O) groups is 2. The number of pyridine rings is 1. The lowest BCUT2D eigenvalue weighted by Crippen LogP contribution is -2.29. The van der Waals surface area contributed by atoms with Crippen molar-refractivity contribution in [1.29, 1.82) is 0 Å². The van der Waals surface area contributed by atoms with E-state index in [0.717, 1.165) is 12.0 Å². The van der Waals surface area contributed by atoms with Gasteiger partial charge in [0.25, 0.3) is 11.7 Å². The summed E-state index contributed by atoms with van der Waals surface area (Å²) < 4.78 is 5.61. The van der Waals surface area contributed by atoms with Crippen LogP contribution in [0.4, 0.5) is 5.69 Å². The lowest BCUT2D eigenvalue weighted by atomic mass is 9.96. The molecule has 0 radical (unpaired) electrons. The minimum Gasteiger partial charge on any atom is -0.507 e. The third-order valence-corrected chi connectivity index (χ3v) is 5.88. The lowest BCUT2D eigenvalue weighted by molar-refractivity contribution is -0.132. The van der Waals surface area contributed by atoms with E-state index in [4.69, 9.17) is 4.74 Å². The molecule has 6 heteroatoms. The van der Waals surface area contributed by atoms with Crippen molar-refractivity contribution in [3.8, 4) is 5.75 Å². The summed E-state index contributed by atoms with van der Waals surface area (Å²) in [6.07, 6.45) is 4.12. The molecule has 4 rings (SSSR count). The fourth-order valence-electron chi connectivity index (χ4n) is 4.06. The number of aliphatic hydroxyl groups excluding tert-OH is 1. The van der Waals surface area contributed by atoms with Gasteiger partial charge in [0.05, 0.1) is 18.2 Å². The summed E-state index contributed by atoms with van der Waals surface area (Å²) in [4.78, 5) is 32.1. The highest BCUT2D eigenvalue weighted by molar-refractivity contribution is 6.51. The van der Waals surface area contributed by atoms with Crippen molar-refractivity contribution in [3.05, 3.63) is 95.3 Å². The van der Waals surface area contributed by atoms with Gasteiger partial charge in [-0.05, 0) is 65.9 Å². The van der Waals surface area contributed by atoms with Crippen LogP contribution in [0.3, 0.4) is 0 Å². The second kappa shape index (κ2) is 9.91. The molecule has 34 heavy (non-hydrogen) atoms. The molecule has 1 aliphatic heterocycles. The number of ketones is 1. The molecule has 1 fully saturated rings. The van der Waals surface area contributed by atoms with Crippen LogP contribution in [0.15, 0.2) is 78.6 Å². The minimum absolute atomic E-state index is 0.0353. The van der Waals surface area contributed by atoms with Crippen molar-refractivity contribution in [2.45, 2.75) is 39.2 Å². The van der Waals surface area contributed by atoms with Gasteiger partial charge in [-0.1, -0.05) is 39.0 Å². The zero-order valence-corrected chi connectivity index (χ0v) is 19.6. The van der Waals surface area contributed by atoms with Gasteiger partial charge < -0.3 is 9.84 Å². The first-order valence-electron chi connectivity index (χ1n) is 11.5. The SMILES string of the molecule is CCCOc1ccc(/C(O)=C2\C(=O)C(=O)N(c3ccc(C(C)C)cc3)C2c2cccnc2)cc1. The molecule has 1 unspecified atom stereocenters. The number of hydrogen-bond acceptors (Lipinski definition) is 5. The second-order valence-corrected chi connectivity index (χ2v) is 8.57. The maximum absolute atomic E-state index is 13.2. The van der Waals surface area contributed by atoms with Gasteiger partial charge in [-0.15, -0.1) is 0 Å². The molecule has 1 aliphatic rings. The van der Waals surface area contributed by atoms with Gasteiger partial charge >= 0.3 is 0 Å². The number of aliphatic hydroxyl groups is 1. The number of ether oxygens (including phenoxy) is 1. The monoisotopic (exact) mass is 456 g/mol. The third-order valence-electron chi connectivity index (χ3n) is 5.88. The van der Waals surface area contributed by atoms with Gasteiger partial charge in [0.2, 0.25) is 0 Å². The standard InChI is InChI=1S/C28H28N2O4/c1-4-16-34-23-13-9-20(10-14-23)26(31)24-25(21-6-5-15-29-17-21)30(28(33)27(24)32)22-11-7-19(8-12-22)18(2)3/h5-15,17-18,25,31H,4,16H2,1-3H3/b26-24+. The van der Waals surface area contributed by atoms with Gasteiger partial charge in [-0.2, -0.15) is 0 Å². The number of hydrogen-bond donors (Lipinski definition) is 1. The Kier molecular flexibility index (Phi) is 6.77. The number of aromatic nitrogens is 1. The quantitative estimate of drug-likeness (QED) is 0.284. The topological polar surface area (TPSA) is 79.7 Å². The van der Waals surface area contributed by atoms with E-state index in [0.29, 0.717) is 35.1 Å². The van der Waals surface area contributed by atoms with Crippen LogP contribution in [-0.4, -0.2) is 28.4 Å². The number of benzene rings is 2. The van der Waals surface area contributed by atoms with Crippen LogP contribution in [0, 0.1) is 0 Å². The average Bonchev–Trinajstić information content (AvgIpc) is 3.13. The Bertz CT molecular complexity index is 1200. The number of Topliss-reactive ketones (excluding diaryl/α,β-unsaturated/α-hetero) is 1. The largest absolute Gasteiger partial charge is 0.507 e. The van der Waals surface area contributed by atoms with E-state index in [1.165, 1.54) is 4.90 Å². The highest BCUT2D eigenvalue weighted by Crippen LogP contribution is 2.42. The Balaban J connectivity index is 1.81. The van der Waals surface area contributed by atoms with Crippen molar-refractivity contribution in [2.24, 2.45) is 0 Å². The van der Waals surface area contributed by atoms with Crippen LogP contribution >= 0.6 is 0 Å². The van der Waals surface area contributed by atoms with Gasteiger partial charge in [0, 0.05) is 23.6 Å². The Labute approximate surface area is 199 Å². The summed E-state index contributed by atoms with van der Waals surface area (Å²) in [5.41, 5.74) is 2.82. The van der Waals surface area contributed by atoms with E-state index >= 15 is 0 Å². The minimum atomic E-state index is -0.797. The molecule has 0 spiro atoms. The molecule has 2 heterocycles.